The number of likely N-dealkylation sites (N-methyl/N-ethyl adjacent to an activating group) is 1. The number of halogens is 1. The molecule has 2 saturated heterocycles. The number of rotatable bonds is 2. The third-order valence-electron chi connectivity index (χ3n) is 4.60. The fourth-order valence-electron chi connectivity index (χ4n) is 3.19. The van der Waals surface area contributed by atoms with Crippen molar-refractivity contribution in [1.82, 2.24) is 14.7 Å². The van der Waals surface area contributed by atoms with Crippen molar-refractivity contribution in [3.05, 3.63) is 34.9 Å². The third kappa shape index (κ3) is 3.39. The number of likely N-dealkylation sites (tertiary alicyclic amines) is 1. The molecule has 2 aliphatic heterocycles. The van der Waals surface area contributed by atoms with E-state index in [-0.39, 0.29) is 5.91 Å². The van der Waals surface area contributed by atoms with E-state index in [1.54, 1.807) is 12.1 Å². The van der Waals surface area contributed by atoms with E-state index in [2.05, 4.69) is 16.8 Å². The summed E-state index contributed by atoms with van der Waals surface area (Å²) < 4.78 is 0. The number of carbonyl (C=O) groups excluding carboxylic acids is 1. The van der Waals surface area contributed by atoms with Crippen LogP contribution in [0.5, 0.6) is 0 Å². The highest BCUT2D eigenvalue weighted by molar-refractivity contribution is 6.30. The van der Waals surface area contributed by atoms with Gasteiger partial charge < -0.3 is 9.80 Å². The zero-order valence-corrected chi connectivity index (χ0v) is 13.2. The van der Waals surface area contributed by atoms with Gasteiger partial charge >= 0.3 is 0 Å². The molecule has 5 heteroatoms. The van der Waals surface area contributed by atoms with Crippen molar-refractivity contribution in [3.63, 3.8) is 0 Å². The molecule has 2 fully saturated rings. The summed E-state index contributed by atoms with van der Waals surface area (Å²) in [4.78, 5) is 19.4. The van der Waals surface area contributed by atoms with Crippen molar-refractivity contribution in [2.45, 2.75) is 12.5 Å². The first-order valence-corrected chi connectivity index (χ1v) is 7.99. The topological polar surface area (TPSA) is 26.8 Å². The Bertz CT molecular complexity index is 497. The van der Waals surface area contributed by atoms with Crippen LogP contribution in [0.1, 0.15) is 16.8 Å². The van der Waals surface area contributed by atoms with Crippen LogP contribution in [-0.4, -0.2) is 73.0 Å². The maximum atomic E-state index is 12.5. The minimum atomic E-state index is 0.128. The Morgan fingerprint density at radius 1 is 1.10 bits per heavy atom. The lowest BCUT2D eigenvalue weighted by Gasteiger charge is -2.36. The molecule has 1 aromatic carbocycles. The van der Waals surface area contributed by atoms with Gasteiger partial charge in [0.15, 0.2) is 0 Å². The molecule has 1 amide bonds. The second-order valence-electron chi connectivity index (χ2n) is 6.04. The van der Waals surface area contributed by atoms with Gasteiger partial charge in [-0.15, -0.1) is 0 Å². The van der Waals surface area contributed by atoms with E-state index in [0.29, 0.717) is 11.1 Å². The highest BCUT2D eigenvalue weighted by Gasteiger charge is 2.31. The molecule has 2 aliphatic rings. The minimum absolute atomic E-state index is 0.128. The highest BCUT2D eigenvalue weighted by atomic mass is 35.5. The van der Waals surface area contributed by atoms with E-state index in [4.69, 9.17) is 11.6 Å². The van der Waals surface area contributed by atoms with Crippen LogP contribution in [0.3, 0.4) is 0 Å². The molecule has 114 valence electrons. The van der Waals surface area contributed by atoms with Gasteiger partial charge in [-0.25, -0.2) is 0 Å². The molecule has 2 heterocycles. The standard InChI is InChI=1S/C16H22ClN3O/c1-18-8-10-19(11-9-18)15-6-7-20(12-15)16(21)13-2-4-14(17)5-3-13/h2-5,15H,6-12H2,1H3/t15-/m0/s1. The number of hydrogen-bond donors (Lipinski definition) is 0. The molecule has 0 aromatic heterocycles. The van der Waals surface area contributed by atoms with E-state index in [9.17, 15) is 4.79 Å². The third-order valence-corrected chi connectivity index (χ3v) is 4.85. The monoisotopic (exact) mass is 307 g/mol. The van der Waals surface area contributed by atoms with Crippen molar-refractivity contribution in [2.24, 2.45) is 0 Å². The Labute approximate surface area is 131 Å². The van der Waals surface area contributed by atoms with Crippen LogP contribution in [0, 0.1) is 0 Å². The molecule has 3 rings (SSSR count). The zero-order valence-electron chi connectivity index (χ0n) is 12.5. The predicted octanol–water partition coefficient (Wildman–Crippen LogP) is 1.80. The SMILES string of the molecule is CN1CCN([C@H]2CCN(C(=O)c3ccc(Cl)cc3)C2)CC1. The van der Waals surface area contributed by atoms with Gasteiger partial charge in [0.25, 0.3) is 5.91 Å². The first-order chi connectivity index (χ1) is 10.1. The van der Waals surface area contributed by atoms with Gasteiger partial charge in [0, 0.05) is 55.9 Å². The molecule has 0 N–H and O–H groups in total. The maximum Gasteiger partial charge on any atom is 0.253 e. The number of amides is 1. The Morgan fingerprint density at radius 3 is 2.43 bits per heavy atom. The van der Waals surface area contributed by atoms with E-state index in [0.717, 1.165) is 51.3 Å². The van der Waals surface area contributed by atoms with Crippen LogP contribution in [0.25, 0.3) is 0 Å². The summed E-state index contributed by atoms with van der Waals surface area (Å²) in [7, 11) is 2.17. The van der Waals surface area contributed by atoms with Gasteiger partial charge in [0.1, 0.15) is 0 Å². The number of hydrogen-bond acceptors (Lipinski definition) is 3. The number of carbonyl (C=O) groups is 1. The molecule has 0 radical (unpaired) electrons. The Morgan fingerprint density at radius 2 is 1.76 bits per heavy atom. The fourth-order valence-corrected chi connectivity index (χ4v) is 3.31. The van der Waals surface area contributed by atoms with Crippen LogP contribution in [0.4, 0.5) is 0 Å². The average Bonchev–Trinajstić information content (AvgIpc) is 2.98. The smallest absolute Gasteiger partial charge is 0.253 e. The average molecular weight is 308 g/mol. The summed E-state index contributed by atoms with van der Waals surface area (Å²) in [5.74, 6) is 0.128. The molecule has 1 atom stereocenters. The van der Waals surface area contributed by atoms with Crippen molar-refractivity contribution >= 4 is 17.5 Å². The molecule has 21 heavy (non-hydrogen) atoms. The lowest BCUT2D eigenvalue weighted by atomic mass is 10.2. The quantitative estimate of drug-likeness (QED) is 0.833. The molecule has 0 aliphatic carbocycles. The van der Waals surface area contributed by atoms with E-state index in [1.807, 2.05) is 17.0 Å². The van der Waals surface area contributed by atoms with E-state index >= 15 is 0 Å². The first kappa shape index (κ1) is 14.8. The minimum Gasteiger partial charge on any atom is -0.337 e. The Balaban J connectivity index is 1.59. The molecule has 0 saturated carbocycles. The van der Waals surface area contributed by atoms with Gasteiger partial charge in [-0.1, -0.05) is 11.6 Å². The summed E-state index contributed by atoms with van der Waals surface area (Å²) in [6.07, 6.45) is 1.09. The van der Waals surface area contributed by atoms with E-state index in [1.165, 1.54) is 0 Å². The summed E-state index contributed by atoms with van der Waals surface area (Å²) in [6.45, 7) is 6.20. The van der Waals surface area contributed by atoms with Crippen LogP contribution < -0.4 is 0 Å². The van der Waals surface area contributed by atoms with Crippen molar-refractivity contribution in [2.75, 3.05) is 46.3 Å². The molecular weight excluding hydrogens is 286 g/mol. The molecule has 0 bridgehead atoms. The first-order valence-electron chi connectivity index (χ1n) is 7.61. The normalized spacial score (nSPS) is 24.5. The predicted molar refractivity (Wildman–Crippen MR) is 84.8 cm³/mol. The summed E-state index contributed by atoms with van der Waals surface area (Å²) in [6, 6.07) is 7.71. The fraction of sp³-hybridized carbons (Fsp3) is 0.562. The van der Waals surface area contributed by atoms with Crippen molar-refractivity contribution in [3.8, 4) is 0 Å². The number of benzene rings is 1. The Hall–Kier alpha value is -1.10. The van der Waals surface area contributed by atoms with Crippen LogP contribution in [0.15, 0.2) is 24.3 Å². The van der Waals surface area contributed by atoms with Crippen LogP contribution >= 0.6 is 11.6 Å². The second-order valence-corrected chi connectivity index (χ2v) is 6.48. The summed E-state index contributed by atoms with van der Waals surface area (Å²) >= 11 is 5.88. The number of piperazine rings is 1. The summed E-state index contributed by atoms with van der Waals surface area (Å²) in [5, 5.41) is 0.670. The van der Waals surface area contributed by atoms with Gasteiger partial charge in [-0.3, -0.25) is 9.69 Å². The van der Waals surface area contributed by atoms with Gasteiger partial charge in [0.2, 0.25) is 0 Å². The largest absolute Gasteiger partial charge is 0.337 e. The van der Waals surface area contributed by atoms with Gasteiger partial charge in [-0.05, 0) is 37.7 Å². The molecule has 1 aromatic rings. The summed E-state index contributed by atoms with van der Waals surface area (Å²) in [5.41, 5.74) is 0.735. The Kier molecular flexibility index (Phi) is 4.48. The van der Waals surface area contributed by atoms with E-state index < -0.39 is 0 Å². The lowest BCUT2D eigenvalue weighted by molar-refractivity contribution is 0.0755. The second kappa shape index (κ2) is 6.34. The maximum absolute atomic E-state index is 12.5. The van der Waals surface area contributed by atoms with Crippen LogP contribution in [0.2, 0.25) is 5.02 Å². The molecule has 4 nitrogen and oxygen atoms in total. The van der Waals surface area contributed by atoms with Crippen LogP contribution in [-0.2, 0) is 0 Å². The number of nitrogens with zero attached hydrogens (tertiary/aromatic N) is 3. The van der Waals surface area contributed by atoms with Crippen molar-refractivity contribution < 1.29 is 4.79 Å². The molecular formula is C16H22ClN3O. The highest BCUT2D eigenvalue weighted by Crippen LogP contribution is 2.20. The zero-order chi connectivity index (χ0) is 14.8. The molecule has 0 unspecified atom stereocenters. The van der Waals surface area contributed by atoms with Crippen molar-refractivity contribution in [1.29, 1.82) is 0 Å². The van der Waals surface area contributed by atoms with Gasteiger partial charge in [0.05, 0.1) is 0 Å². The molecule has 0 spiro atoms. The lowest BCUT2D eigenvalue weighted by Crippen LogP contribution is -2.50. The van der Waals surface area contributed by atoms with Gasteiger partial charge in [-0.2, -0.15) is 0 Å².